The Labute approximate surface area is 169 Å². The lowest BCUT2D eigenvalue weighted by Crippen LogP contribution is -2.21. The molecule has 1 aromatic carbocycles. The summed E-state index contributed by atoms with van der Waals surface area (Å²) in [5.41, 5.74) is 1.87. The molecule has 8 heteroatoms. The van der Waals surface area contributed by atoms with Crippen molar-refractivity contribution in [1.82, 2.24) is 0 Å². The van der Waals surface area contributed by atoms with Crippen molar-refractivity contribution in [2.24, 2.45) is 0 Å². The summed E-state index contributed by atoms with van der Waals surface area (Å²) in [5.74, 6) is -0.789. The molecule has 1 aromatic heterocycles. The van der Waals surface area contributed by atoms with Gasteiger partial charge >= 0.3 is 5.97 Å². The third-order valence-corrected chi connectivity index (χ3v) is 6.12. The number of carbonyl (C=O) groups is 1. The second-order valence-electron chi connectivity index (χ2n) is 5.96. The molecule has 0 spiro atoms. The number of thiophene rings is 1. The van der Waals surface area contributed by atoms with Gasteiger partial charge in [0.2, 0.25) is 0 Å². The van der Waals surface area contributed by atoms with Gasteiger partial charge in [-0.05, 0) is 61.7 Å². The first-order chi connectivity index (χ1) is 12.5. The first-order valence-electron chi connectivity index (χ1n) is 8.25. The van der Waals surface area contributed by atoms with Crippen LogP contribution >= 0.6 is 39.5 Å². The fourth-order valence-electron chi connectivity index (χ4n) is 3.00. The molecule has 0 fully saturated rings. The highest BCUT2D eigenvalue weighted by atomic mass is 79.9. The zero-order valence-electron chi connectivity index (χ0n) is 14.2. The number of nitrogens with one attached hydrogen (secondary N) is 2. The van der Waals surface area contributed by atoms with E-state index in [9.17, 15) is 9.18 Å². The Hall–Kier alpha value is -1.51. The van der Waals surface area contributed by atoms with E-state index < -0.39 is 5.82 Å². The fourth-order valence-corrected chi connectivity index (χ4v) is 4.89. The molecule has 0 atom stereocenters. The van der Waals surface area contributed by atoms with Gasteiger partial charge in [-0.15, -0.1) is 11.3 Å². The number of rotatable bonds is 3. The Morgan fingerprint density at radius 1 is 1.27 bits per heavy atom. The largest absolute Gasteiger partial charge is 0.465 e. The van der Waals surface area contributed by atoms with Crippen molar-refractivity contribution in [2.45, 2.75) is 32.1 Å². The molecule has 138 valence electrons. The number of hydrogen-bond acceptors (Lipinski definition) is 4. The second kappa shape index (κ2) is 8.45. The van der Waals surface area contributed by atoms with Crippen LogP contribution < -0.4 is 10.6 Å². The lowest BCUT2D eigenvalue weighted by Gasteiger charge is -2.12. The standard InChI is InChI=1S/C18H18BrFN2O2S2/c1-24-17(23)15-11-5-3-2-4-6-14(11)26-16(15)22-18(25)21-13-8-7-10(19)9-12(13)20/h7-9H,2-6H2,1H3,(H2,21,22,25). The van der Waals surface area contributed by atoms with E-state index in [2.05, 4.69) is 26.6 Å². The zero-order chi connectivity index (χ0) is 18.7. The van der Waals surface area contributed by atoms with Crippen LogP contribution in [0.5, 0.6) is 0 Å². The molecule has 1 heterocycles. The van der Waals surface area contributed by atoms with Crippen LogP contribution in [0.15, 0.2) is 22.7 Å². The number of aryl methyl sites for hydroxylation is 1. The maximum absolute atomic E-state index is 14.0. The van der Waals surface area contributed by atoms with Gasteiger partial charge in [0.1, 0.15) is 10.8 Å². The first-order valence-corrected chi connectivity index (χ1v) is 10.3. The maximum atomic E-state index is 14.0. The van der Waals surface area contributed by atoms with Crippen LogP contribution in [0, 0.1) is 5.82 Å². The summed E-state index contributed by atoms with van der Waals surface area (Å²) in [6, 6.07) is 4.68. The highest BCUT2D eigenvalue weighted by Gasteiger charge is 2.25. The number of anilines is 2. The van der Waals surface area contributed by atoms with Crippen LogP contribution in [-0.2, 0) is 17.6 Å². The molecule has 1 aliphatic rings. The third kappa shape index (κ3) is 4.24. The van der Waals surface area contributed by atoms with Crippen molar-refractivity contribution < 1.29 is 13.9 Å². The average Bonchev–Trinajstić information content (AvgIpc) is 2.77. The van der Waals surface area contributed by atoms with E-state index in [1.807, 2.05) is 0 Å². The molecule has 3 rings (SSSR count). The van der Waals surface area contributed by atoms with E-state index in [0.717, 1.165) is 37.7 Å². The van der Waals surface area contributed by atoms with Gasteiger partial charge in [-0.1, -0.05) is 22.4 Å². The molecule has 2 aromatic rings. The molecular weight excluding hydrogens is 439 g/mol. The van der Waals surface area contributed by atoms with Crippen LogP contribution in [0.25, 0.3) is 0 Å². The van der Waals surface area contributed by atoms with Crippen molar-refractivity contribution in [3.05, 3.63) is 44.5 Å². The lowest BCUT2D eigenvalue weighted by atomic mass is 10.1. The Balaban J connectivity index is 1.84. The van der Waals surface area contributed by atoms with Gasteiger partial charge in [-0.2, -0.15) is 0 Å². The molecular formula is C18H18BrFN2O2S2. The van der Waals surface area contributed by atoms with E-state index in [1.165, 1.54) is 29.4 Å². The summed E-state index contributed by atoms with van der Waals surface area (Å²) in [4.78, 5) is 13.5. The number of halogens is 2. The molecule has 0 saturated heterocycles. The minimum atomic E-state index is -0.418. The molecule has 4 nitrogen and oxygen atoms in total. The monoisotopic (exact) mass is 456 g/mol. The number of carbonyl (C=O) groups excluding carboxylic acids is 1. The zero-order valence-corrected chi connectivity index (χ0v) is 17.4. The number of ether oxygens (including phenoxy) is 1. The number of benzene rings is 1. The normalized spacial score (nSPS) is 13.5. The van der Waals surface area contributed by atoms with E-state index in [0.29, 0.717) is 15.0 Å². The van der Waals surface area contributed by atoms with Gasteiger partial charge < -0.3 is 15.4 Å². The summed E-state index contributed by atoms with van der Waals surface area (Å²) >= 11 is 10.1. The Morgan fingerprint density at radius 3 is 2.77 bits per heavy atom. The van der Waals surface area contributed by atoms with E-state index >= 15 is 0 Å². The predicted molar refractivity (Wildman–Crippen MR) is 111 cm³/mol. The van der Waals surface area contributed by atoms with Gasteiger partial charge in [-0.3, -0.25) is 0 Å². The third-order valence-electron chi connectivity index (χ3n) is 4.22. The Bertz CT molecular complexity index is 854. The molecule has 0 aliphatic heterocycles. The maximum Gasteiger partial charge on any atom is 0.341 e. The number of fused-ring (bicyclic) bond motifs is 1. The Kier molecular flexibility index (Phi) is 6.26. The molecule has 2 N–H and O–H groups in total. The Morgan fingerprint density at radius 2 is 2.04 bits per heavy atom. The van der Waals surface area contributed by atoms with Crippen LogP contribution in [-0.4, -0.2) is 18.2 Å². The number of thiocarbonyl (C=S) groups is 1. The number of esters is 1. The summed E-state index contributed by atoms with van der Waals surface area (Å²) in [7, 11) is 1.38. The summed E-state index contributed by atoms with van der Waals surface area (Å²) in [6.07, 6.45) is 5.14. The van der Waals surface area contributed by atoms with Gasteiger partial charge in [0.15, 0.2) is 5.11 Å². The van der Waals surface area contributed by atoms with E-state index in [4.69, 9.17) is 17.0 Å². The quantitative estimate of drug-likeness (QED) is 0.362. The smallest absolute Gasteiger partial charge is 0.341 e. The van der Waals surface area contributed by atoms with Gasteiger partial charge in [0.05, 0.1) is 18.4 Å². The lowest BCUT2D eigenvalue weighted by molar-refractivity contribution is 0.0601. The van der Waals surface area contributed by atoms with E-state index in [1.54, 1.807) is 12.1 Å². The molecule has 0 saturated carbocycles. The minimum absolute atomic E-state index is 0.229. The van der Waals surface area contributed by atoms with Crippen LogP contribution in [0.2, 0.25) is 0 Å². The van der Waals surface area contributed by atoms with Crippen LogP contribution in [0.4, 0.5) is 15.1 Å². The van der Waals surface area contributed by atoms with Gasteiger partial charge in [-0.25, -0.2) is 9.18 Å². The average molecular weight is 457 g/mol. The van der Waals surface area contributed by atoms with Crippen molar-refractivity contribution in [2.75, 3.05) is 17.7 Å². The van der Waals surface area contributed by atoms with Crippen molar-refractivity contribution in [1.29, 1.82) is 0 Å². The molecule has 0 amide bonds. The summed E-state index contributed by atoms with van der Waals surface area (Å²) in [6.45, 7) is 0. The van der Waals surface area contributed by atoms with Crippen LogP contribution in [0.1, 0.15) is 40.1 Å². The van der Waals surface area contributed by atoms with Gasteiger partial charge in [0.25, 0.3) is 0 Å². The van der Waals surface area contributed by atoms with E-state index in [-0.39, 0.29) is 16.8 Å². The van der Waals surface area contributed by atoms with Crippen LogP contribution in [0.3, 0.4) is 0 Å². The second-order valence-corrected chi connectivity index (χ2v) is 8.39. The fraction of sp³-hybridized carbons (Fsp3) is 0.333. The van der Waals surface area contributed by atoms with Crippen molar-refractivity contribution in [3.63, 3.8) is 0 Å². The van der Waals surface area contributed by atoms with Crippen molar-refractivity contribution >= 4 is 61.3 Å². The molecule has 0 radical (unpaired) electrons. The predicted octanol–water partition coefficient (Wildman–Crippen LogP) is 5.51. The molecule has 0 bridgehead atoms. The molecule has 26 heavy (non-hydrogen) atoms. The number of methoxy groups -OCH3 is 1. The number of hydrogen-bond donors (Lipinski definition) is 2. The highest BCUT2D eigenvalue weighted by molar-refractivity contribution is 9.10. The molecule has 0 unspecified atom stereocenters. The first kappa shape index (κ1) is 19.3. The highest BCUT2D eigenvalue weighted by Crippen LogP contribution is 2.38. The summed E-state index contributed by atoms with van der Waals surface area (Å²) in [5, 5.41) is 6.78. The van der Waals surface area contributed by atoms with Gasteiger partial charge in [0, 0.05) is 9.35 Å². The van der Waals surface area contributed by atoms with Crippen molar-refractivity contribution in [3.8, 4) is 0 Å². The summed E-state index contributed by atoms with van der Waals surface area (Å²) < 4.78 is 19.6. The topological polar surface area (TPSA) is 50.4 Å². The SMILES string of the molecule is COC(=O)c1c(NC(=S)Nc2ccc(Br)cc2F)sc2c1CCCCC2. The molecule has 1 aliphatic carbocycles. The minimum Gasteiger partial charge on any atom is -0.465 e.